The van der Waals surface area contributed by atoms with Gasteiger partial charge in [-0.1, -0.05) is 97.0 Å². The predicted molar refractivity (Wildman–Crippen MR) is 109 cm³/mol. The van der Waals surface area contributed by atoms with E-state index in [2.05, 4.69) is 11.4 Å². The molecule has 3 rings (SSSR count). The summed E-state index contributed by atoms with van der Waals surface area (Å²) in [4.78, 5) is 20.0. The topological polar surface area (TPSA) is 48.2 Å². The minimum atomic E-state index is -0.168. The molecule has 2 aromatic carbocycles. The molecule has 0 spiro atoms. The maximum absolute atomic E-state index is 12.0. The summed E-state index contributed by atoms with van der Waals surface area (Å²) in [6, 6.07) is 15.8. The number of carbonyl (C=O) groups excluding carboxylic acids is 2. The fourth-order valence-electron chi connectivity index (χ4n) is 2.27. The summed E-state index contributed by atoms with van der Waals surface area (Å²) in [5, 5.41) is 4.20. The van der Waals surface area contributed by atoms with Crippen LogP contribution < -0.4 is 58.2 Å². The van der Waals surface area contributed by atoms with Gasteiger partial charge in [0.15, 0.2) is 0 Å². The first-order valence-corrected chi connectivity index (χ1v) is 9.00. The van der Waals surface area contributed by atoms with E-state index in [0.717, 1.165) is 22.4 Å². The molecule has 27 heavy (non-hydrogen) atoms. The molecular weight excluding hydrogens is 580 g/mol. The number of hydrogen-bond donors (Lipinski definition) is 0. The normalized spacial score (nSPS) is 12.0. The van der Waals surface area contributed by atoms with Crippen molar-refractivity contribution in [2.24, 2.45) is 0 Å². The number of benzene rings is 2. The fraction of sp³-hybridized carbons (Fsp3) is 0.364. The van der Waals surface area contributed by atoms with E-state index in [0.29, 0.717) is 0 Å². The van der Waals surface area contributed by atoms with Crippen LogP contribution in [0.2, 0.25) is 0 Å². The number of fused-ring (bicyclic) bond motifs is 3. The van der Waals surface area contributed by atoms with E-state index in [1.165, 1.54) is 0 Å². The molecule has 1 atom stereocenters. The quantitative estimate of drug-likeness (QED) is 0.454. The first kappa shape index (κ1) is 34.6. The zero-order valence-electron chi connectivity index (χ0n) is 18.1. The standard InChI is InChI=1S/C15H13NO.3C2H6.CH2O.Rb.W/c1-10-11-6-2-3-7-12(11)13-8-4-5-9-14(13)16-15(10)17;4*1-2;;/h2-10H,1H3,(H,16,17);3*1-2H3;1H2;;/q;;;;;+1;/p-1. The molecule has 1 aliphatic heterocycles. The van der Waals surface area contributed by atoms with Gasteiger partial charge in [0.2, 0.25) is 0 Å². The van der Waals surface area contributed by atoms with Gasteiger partial charge in [-0.2, -0.15) is 0 Å². The third-order valence-corrected chi connectivity index (χ3v) is 3.22. The fourth-order valence-corrected chi connectivity index (χ4v) is 2.27. The molecule has 0 radical (unpaired) electrons. The summed E-state index contributed by atoms with van der Waals surface area (Å²) in [5.41, 5.74) is 3.99. The molecule has 1 amide bonds. The molecule has 0 saturated heterocycles. The Morgan fingerprint density at radius 1 is 0.778 bits per heavy atom. The van der Waals surface area contributed by atoms with E-state index < -0.39 is 0 Å². The van der Waals surface area contributed by atoms with Gasteiger partial charge in [-0.15, -0.1) is 5.69 Å². The molecule has 1 heterocycles. The van der Waals surface area contributed by atoms with E-state index >= 15 is 0 Å². The Morgan fingerprint density at radius 2 is 1.19 bits per heavy atom. The van der Waals surface area contributed by atoms with Crippen LogP contribution >= 0.6 is 0 Å². The Labute approximate surface area is 229 Å². The Bertz CT molecular complexity index is 621. The van der Waals surface area contributed by atoms with Crippen LogP contribution in [0.1, 0.15) is 59.9 Å². The van der Waals surface area contributed by atoms with Gasteiger partial charge in [0.25, 0.3) is 0 Å². The molecule has 1 aliphatic rings. The molecule has 0 aliphatic carbocycles. The van der Waals surface area contributed by atoms with Crippen molar-refractivity contribution in [1.82, 2.24) is 0 Å². The van der Waals surface area contributed by atoms with E-state index in [9.17, 15) is 4.79 Å². The van der Waals surface area contributed by atoms with Crippen molar-refractivity contribution in [3.8, 4) is 11.1 Å². The van der Waals surface area contributed by atoms with Crippen LogP contribution in [0.25, 0.3) is 16.4 Å². The predicted octanol–water partition coefficient (Wildman–Crippen LogP) is 3.90. The van der Waals surface area contributed by atoms with Gasteiger partial charge < -0.3 is 14.9 Å². The van der Waals surface area contributed by atoms with Crippen molar-refractivity contribution in [3.05, 3.63) is 59.4 Å². The number of carbonyl (C=O) groups is 2. The first-order chi connectivity index (χ1) is 12.3. The molecule has 0 fully saturated rings. The van der Waals surface area contributed by atoms with Crippen molar-refractivity contribution in [2.75, 3.05) is 0 Å². The first-order valence-electron chi connectivity index (χ1n) is 9.00. The molecule has 0 aromatic heterocycles. The van der Waals surface area contributed by atoms with Crippen LogP contribution in [0.3, 0.4) is 0 Å². The zero-order chi connectivity index (χ0) is 19.8. The van der Waals surface area contributed by atoms with Crippen molar-refractivity contribution >= 4 is 18.4 Å². The van der Waals surface area contributed by atoms with Gasteiger partial charge in [-0.25, -0.2) is 0 Å². The Balaban J connectivity index is -0.000000237. The smallest absolute Gasteiger partial charge is 0.626 e. The molecule has 0 bridgehead atoms. The largest absolute Gasteiger partial charge is 1.00 e. The van der Waals surface area contributed by atoms with Crippen molar-refractivity contribution in [3.63, 3.8) is 0 Å². The number of para-hydroxylation sites is 1. The van der Waals surface area contributed by atoms with Crippen molar-refractivity contribution < 1.29 is 88.8 Å². The Morgan fingerprint density at radius 3 is 1.70 bits per heavy atom. The maximum Gasteiger partial charge on any atom is 1.00 e. The number of rotatable bonds is 0. The van der Waals surface area contributed by atoms with Crippen LogP contribution in [0.4, 0.5) is 5.69 Å². The molecule has 144 valence electrons. The summed E-state index contributed by atoms with van der Waals surface area (Å²) in [6.45, 7) is 15.9. The SMILES string of the molecule is C=O.CC.CC.CC.CC1C(=O)[N-]c2ccccc2-c2ccccc21.[Rb+].[W]. The minimum absolute atomic E-state index is 0. The number of amides is 1. The molecule has 1 unspecified atom stereocenters. The van der Waals surface area contributed by atoms with E-state index in [1.54, 1.807) is 0 Å². The van der Waals surface area contributed by atoms with Crippen molar-refractivity contribution in [2.45, 2.75) is 54.4 Å². The number of hydrogen-bond acceptors (Lipinski definition) is 2. The van der Waals surface area contributed by atoms with Gasteiger partial charge in [-0.05, 0) is 16.7 Å². The second-order valence-electron chi connectivity index (χ2n) is 4.28. The maximum atomic E-state index is 12.0. The Kier molecular flexibility index (Phi) is 28.6. The number of nitrogens with zero attached hydrogens (tertiary/aromatic N) is 1. The summed E-state index contributed by atoms with van der Waals surface area (Å²) >= 11 is 0. The van der Waals surface area contributed by atoms with Crippen molar-refractivity contribution in [1.29, 1.82) is 0 Å². The second kappa shape index (κ2) is 22.4. The summed E-state index contributed by atoms with van der Waals surface area (Å²) < 4.78 is 0. The van der Waals surface area contributed by atoms with Crippen LogP contribution in [-0.4, -0.2) is 12.7 Å². The minimum Gasteiger partial charge on any atom is -0.626 e. The second-order valence-corrected chi connectivity index (χ2v) is 4.28. The molecule has 5 heteroatoms. The third kappa shape index (κ3) is 10.4. The molecule has 2 aromatic rings. The van der Waals surface area contributed by atoms with Gasteiger partial charge in [0, 0.05) is 27.0 Å². The van der Waals surface area contributed by atoms with E-state index in [1.807, 2.05) is 97.7 Å². The summed E-state index contributed by atoms with van der Waals surface area (Å²) in [7, 11) is 0. The van der Waals surface area contributed by atoms with E-state index in [-0.39, 0.29) is 91.1 Å². The zero-order valence-corrected chi connectivity index (χ0v) is 25.9. The van der Waals surface area contributed by atoms with Gasteiger partial charge in [0.1, 0.15) is 6.79 Å². The van der Waals surface area contributed by atoms with Gasteiger partial charge in [0.05, 0.1) is 5.91 Å². The molecule has 0 saturated carbocycles. The van der Waals surface area contributed by atoms with Gasteiger partial charge in [-0.3, -0.25) is 0 Å². The Hall–Kier alpha value is 0.0735. The monoisotopic (exact) mass is 611 g/mol. The van der Waals surface area contributed by atoms with Crippen LogP contribution in [0.15, 0.2) is 48.5 Å². The summed E-state index contributed by atoms with van der Waals surface area (Å²) in [6.07, 6.45) is 0. The average Bonchev–Trinajstić information content (AvgIpc) is 2.83. The average molecular weight is 612 g/mol. The summed E-state index contributed by atoms with van der Waals surface area (Å²) in [5.74, 6) is -0.235. The van der Waals surface area contributed by atoms with Gasteiger partial charge >= 0.3 is 58.2 Å². The van der Waals surface area contributed by atoms with Crippen LogP contribution in [0, 0.1) is 0 Å². The van der Waals surface area contributed by atoms with Crippen LogP contribution in [0.5, 0.6) is 0 Å². The third-order valence-electron chi connectivity index (χ3n) is 3.22. The molecule has 3 nitrogen and oxygen atoms in total. The molecular formula is C22H32NO2RbW. The molecule has 0 N–H and O–H groups in total. The van der Waals surface area contributed by atoms with E-state index in [4.69, 9.17) is 4.79 Å². The van der Waals surface area contributed by atoms with Crippen LogP contribution in [-0.2, 0) is 30.7 Å².